The van der Waals surface area contributed by atoms with Crippen LogP contribution >= 0.6 is 24.0 Å². The van der Waals surface area contributed by atoms with E-state index in [1.165, 1.54) is 38.9 Å². The molecule has 0 saturated carbocycles. The molecule has 1 aliphatic heterocycles. The molecule has 144 valence electrons. The van der Waals surface area contributed by atoms with Gasteiger partial charge < -0.3 is 20.1 Å². The van der Waals surface area contributed by atoms with Gasteiger partial charge in [-0.3, -0.25) is 4.99 Å². The molecule has 2 N–H and O–H groups in total. The first-order valence-corrected chi connectivity index (χ1v) is 9.45. The summed E-state index contributed by atoms with van der Waals surface area (Å²) in [6, 6.07) is 4.10. The van der Waals surface area contributed by atoms with E-state index >= 15 is 0 Å². The van der Waals surface area contributed by atoms with Gasteiger partial charge >= 0.3 is 0 Å². The lowest BCUT2D eigenvalue weighted by molar-refractivity contribution is 0.139. The summed E-state index contributed by atoms with van der Waals surface area (Å²) in [4.78, 5) is 6.93. The summed E-state index contributed by atoms with van der Waals surface area (Å²) in [5.41, 5.74) is 0. The highest BCUT2D eigenvalue weighted by Gasteiger charge is 2.20. The summed E-state index contributed by atoms with van der Waals surface area (Å²) in [6.07, 6.45) is 8.01. The summed E-state index contributed by atoms with van der Waals surface area (Å²) in [5.74, 6) is 2.62. The molecule has 1 aromatic heterocycles. The molecule has 0 aromatic carbocycles. The number of hydrogen-bond acceptors (Lipinski definition) is 2. The molecule has 0 spiro atoms. The van der Waals surface area contributed by atoms with Crippen molar-refractivity contribution in [3.63, 3.8) is 0 Å². The van der Waals surface area contributed by atoms with Gasteiger partial charge in [-0.05, 0) is 49.8 Å². The highest BCUT2D eigenvalue weighted by atomic mass is 127. The lowest BCUT2D eigenvalue weighted by Gasteiger charge is -2.34. The van der Waals surface area contributed by atoms with Crippen molar-refractivity contribution < 1.29 is 0 Å². The second-order valence-electron chi connectivity index (χ2n) is 7.26. The van der Waals surface area contributed by atoms with Crippen molar-refractivity contribution in [2.45, 2.75) is 39.7 Å². The van der Waals surface area contributed by atoms with Gasteiger partial charge in [0.2, 0.25) is 0 Å². The van der Waals surface area contributed by atoms with Crippen molar-refractivity contribution in [2.24, 2.45) is 16.8 Å². The van der Waals surface area contributed by atoms with Crippen LogP contribution in [0.1, 0.15) is 33.1 Å². The van der Waals surface area contributed by atoms with E-state index in [0.29, 0.717) is 0 Å². The summed E-state index contributed by atoms with van der Waals surface area (Å²) in [6.45, 7) is 11.4. The third kappa shape index (κ3) is 8.94. The van der Waals surface area contributed by atoms with Gasteiger partial charge in [0.05, 0.1) is 0 Å². The SMILES string of the molecule is CN=C(NCCCCN1CC(C)CC(C)C1)NCCn1cccc1.I. The van der Waals surface area contributed by atoms with Crippen molar-refractivity contribution in [3.8, 4) is 0 Å². The molecule has 1 aliphatic rings. The zero-order valence-corrected chi connectivity index (χ0v) is 18.4. The van der Waals surface area contributed by atoms with E-state index in [4.69, 9.17) is 0 Å². The number of piperidine rings is 1. The number of aromatic nitrogens is 1. The van der Waals surface area contributed by atoms with E-state index in [-0.39, 0.29) is 24.0 Å². The predicted octanol–water partition coefficient (Wildman–Crippen LogP) is 3.03. The third-order valence-corrected chi connectivity index (χ3v) is 4.69. The van der Waals surface area contributed by atoms with E-state index in [9.17, 15) is 0 Å². The number of likely N-dealkylation sites (tertiary alicyclic amines) is 1. The van der Waals surface area contributed by atoms with Crippen molar-refractivity contribution in [2.75, 3.05) is 39.8 Å². The Morgan fingerprint density at radius 1 is 1.00 bits per heavy atom. The standard InChI is InChI=1S/C19H35N5.HI/c1-17-14-18(2)16-24(15-17)12-5-4-8-21-19(20-3)22-9-13-23-10-6-7-11-23;/h6-7,10-11,17-18H,4-5,8-9,12-16H2,1-3H3,(H2,20,21,22);1H. The van der Waals surface area contributed by atoms with E-state index in [1.807, 2.05) is 7.05 Å². The fourth-order valence-electron chi connectivity index (χ4n) is 3.69. The Balaban J connectivity index is 0.00000312. The summed E-state index contributed by atoms with van der Waals surface area (Å²) in [7, 11) is 1.83. The highest BCUT2D eigenvalue weighted by molar-refractivity contribution is 14.0. The first-order chi connectivity index (χ1) is 11.7. The van der Waals surface area contributed by atoms with Crippen LogP contribution in [0, 0.1) is 11.8 Å². The van der Waals surface area contributed by atoms with Gasteiger partial charge in [-0.2, -0.15) is 0 Å². The van der Waals surface area contributed by atoms with Gasteiger partial charge in [-0.1, -0.05) is 13.8 Å². The maximum Gasteiger partial charge on any atom is 0.191 e. The molecule has 2 heterocycles. The van der Waals surface area contributed by atoms with Gasteiger partial charge in [0, 0.05) is 52.2 Å². The summed E-state index contributed by atoms with van der Waals surface area (Å²) >= 11 is 0. The molecule has 0 radical (unpaired) electrons. The summed E-state index contributed by atoms with van der Waals surface area (Å²) < 4.78 is 2.17. The number of hydrogen-bond donors (Lipinski definition) is 2. The first kappa shape index (κ1) is 22.3. The molecule has 6 heteroatoms. The monoisotopic (exact) mass is 461 g/mol. The second-order valence-corrected chi connectivity index (χ2v) is 7.26. The lowest BCUT2D eigenvalue weighted by atomic mass is 9.92. The zero-order valence-electron chi connectivity index (χ0n) is 16.1. The number of rotatable bonds is 8. The van der Waals surface area contributed by atoms with Crippen LogP contribution in [0.2, 0.25) is 0 Å². The summed E-state index contributed by atoms with van der Waals surface area (Å²) in [5, 5.41) is 6.78. The smallest absolute Gasteiger partial charge is 0.191 e. The fourth-order valence-corrected chi connectivity index (χ4v) is 3.69. The van der Waals surface area contributed by atoms with Crippen molar-refractivity contribution in [1.29, 1.82) is 0 Å². The van der Waals surface area contributed by atoms with E-state index in [2.05, 4.69) is 63.5 Å². The van der Waals surface area contributed by atoms with Gasteiger partial charge in [0.1, 0.15) is 0 Å². The highest BCUT2D eigenvalue weighted by Crippen LogP contribution is 2.20. The predicted molar refractivity (Wildman–Crippen MR) is 118 cm³/mol. The van der Waals surface area contributed by atoms with Gasteiger partial charge in [-0.25, -0.2) is 0 Å². The number of halogens is 1. The van der Waals surface area contributed by atoms with Crippen LogP contribution in [0.4, 0.5) is 0 Å². The number of aliphatic imine (C=N–C) groups is 1. The van der Waals surface area contributed by atoms with Gasteiger partial charge in [0.15, 0.2) is 5.96 Å². The van der Waals surface area contributed by atoms with Crippen molar-refractivity contribution in [3.05, 3.63) is 24.5 Å². The molecule has 1 aromatic rings. The van der Waals surface area contributed by atoms with Gasteiger partial charge in [0.25, 0.3) is 0 Å². The van der Waals surface area contributed by atoms with Crippen molar-refractivity contribution in [1.82, 2.24) is 20.1 Å². The van der Waals surface area contributed by atoms with Crippen LogP contribution < -0.4 is 10.6 Å². The maximum atomic E-state index is 4.29. The van der Waals surface area contributed by atoms with Crippen LogP contribution in [0.25, 0.3) is 0 Å². The Bertz CT molecular complexity index is 464. The maximum absolute atomic E-state index is 4.29. The Kier molecular flexibility index (Phi) is 11.2. The molecule has 1 saturated heterocycles. The second kappa shape index (κ2) is 12.6. The third-order valence-electron chi connectivity index (χ3n) is 4.69. The topological polar surface area (TPSA) is 44.6 Å². The average molecular weight is 461 g/mol. The van der Waals surface area contributed by atoms with E-state index in [1.54, 1.807) is 0 Å². The number of nitrogens with zero attached hydrogens (tertiary/aromatic N) is 3. The van der Waals surface area contributed by atoms with Crippen LogP contribution in [0.15, 0.2) is 29.5 Å². The zero-order chi connectivity index (χ0) is 17.2. The molecule has 0 bridgehead atoms. The minimum atomic E-state index is 0. The Hall–Kier alpha value is -0.760. The average Bonchev–Trinajstić information content (AvgIpc) is 3.05. The number of nitrogens with one attached hydrogen (secondary N) is 2. The lowest BCUT2D eigenvalue weighted by Crippen LogP contribution is -2.40. The molecule has 2 unspecified atom stereocenters. The molecule has 5 nitrogen and oxygen atoms in total. The molecule has 25 heavy (non-hydrogen) atoms. The Labute approximate surface area is 170 Å². The first-order valence-electron chi connectivity index (χ1n) is 9.45. The van der Waals surface area contributed by atoms with E-state index < -0.39 is 0 Å². The molecular weight excluding hydrogens is 425 g/mol. The molecule has 2 atom stereocenters. The minimum Gasteiger partial charge on any atom is -0.356 e. The van der Waals surface area contributed by atoms with Crippen LogP contribution in [-0.2, 0) is 6.54 Å². The molecule has 0 amide bonds. The minimum absolute atomic E-state index is 0. The molecule has 1 fully saturated rings. The van der Waals surface area contributed by atoms with E-state index in [0.717, 1.165) is 37.4 Å². The van der Waals surface area contributed by atoms with Crippen molar-refractivity contribution >= 4 is 29.9 Å². The number of guanidine groups is 1. The van der Waals surface area contributed by atoms with Crippen LogP contribution in [0.3, 0.4) is 0 Å². The Morgan fingerprint density at radius 2 is 1.64 bits per heavy atom. The largest absolute Gasteiger partial charge is 0.356 e. The van der Waals surface area contributed by atoms with Crippen LogP contribution in [-0.4, -0.2) is 55.2 Å². The molecule has 2 rings (SSSR count). The van der Waals surface area contributed by atoms with Gasteiger partial charge in [-0.15, -0.1) is 24.0 Å². The Morgan fingerprint density at radius 3 is 2.28 bits per heavy atom. The number of unbranched alkanes of at least 4 members (excludes halogenated alkanes) is 1. The van der Waals surface area contributed by atoms with Crippen LogP contribution in [0.5, 0.6) is 0 Å². The normalized spacial score (nSPS) is 21.6. The molecule has 0 aliphatic carbocycles. The quantitative estimate of drug-likeness (QED) is 0.271. The fraction of sp³-hybridized carbons (Fsp3) is 0.737. The molecular formula is C19H36IN5.